The number of para-hydroxylation sites is 1. The molecule has 0 aliphatic carbocycles. The molecule has 0 atom stereocenters. The van der Waals surface area contributed by atoms with Gasteiger partial charge >= 0.3 is 0 Å². The monoisotopic (exact) mass is 326 g/mol. The normalized spacial score (nSPS) is 15.6. The van der Waals surface area contributed by atoms with Crippen molar-refractivity contribution in [3.63, 3.8) is 0 Å². The predicted octanol–water partition coefficient (Wildman–Crippen LogP) is 1.67. The summed E-state index contributed by atoms with van der Waals surface area (Å²) >= 11 is 0. The molecule has 1 aromatic carbocycles. The number of aromatic nitrogens is 2. The third-order valence-electron chi connectivity index (χ3n) is 4.21. The van der Waals surface area contributed by atoms with Gasteiger partial charge in [0.05, 0.1) is 12.9 Å². The van der Waals surface area contributed by atoms with Gasteiger partial charge in [-0.1, -0.05) is 18.2 Å². The molecule has 1 aliphatic rings. The summed E-state index contributed by atoms with van der Waals surface area (Å²) in [7, 11) is 0. The van der Waals surface area contributed by atoms with Crippen LogP contribution in [-0.2, 0) is 6.54 Å². The van der Waals surface area contributed by atoms with E-state index in [0.717, 1.165) is 51.8 Å². The van der Waals surface area contributed by atoms with Crippen molar-refractivity contribution in [2.24, 2.45) is 4.99 Å². The van der Waals surface area contributed by atoms with Crippen molar-refractivity contribution in [1.82, 2.24) is 19.8 Å². The van der Waals surface area contributed by atoms with Crippen molar-refractivity contribution in [2.75, 3.05) is 44.2 Å². The fraction of sp³-hybridized carbons (Fsp3) is 0.444. The molecule has 1 aromatic heterocycles. The second-order valence-electron chi connectivity index (χ2n) is 5.85. The maximum atomic E-state index is 4.77. The van der Waals surface area contributed by atoms with Crippen molar-refractivity contribution in [3.05, 3.63) is 49.1 Å². The first-order valence-corrected chi connectivity index (χ1v) is 8.66. The van der Waals surface area contributed by atoms with Gasteiger partial charge < -0.3 is 19.7 Å². The standard InChI is InChI=1S/C18H26N6/c1-2-20-18(21-9-11-22-10-8-19-16-22)24-14-12-23(13-15-24)17-6-4-3-5-7-17/h3-8,10,16H,2,9,11-15H2,1H3,(H,20,21). The average molecular weight is 326 g/mol. The molecule has 1 N–H and O–H groups in total. The molecule has 0 spiro atoms. The molecule has 1 aliphatic heterocycles. The summed E-state index contributed by atoms with van der Waals surface area (Å²) in [4.78, 5) is 13.6. The van der Waals surface area contributed by atoms with Crippen LogP contribution in [0, 0.1) is 0 Å². The van der Waals surface area contributed by atoms with Gasteiger partial charge in [-0.25, -0.2) is 4.98 Å². The highest BCUT2D eigenvalue weighted by atomic mass is 15.3. The Morgan fingerprint density at radius 2 is 1.96 bits per heavy atom. The van der Waals surface area contributed by atoms with E-state index in [1.165, 1.54) is 5.69 Å². The first kappa shape index (κ1) is 16.4. The van der Waals surface area contributed by atoms with Gasteiger partial charge in [0, 0.05) is 57.3 Å². The number of nitrogens with zero attached hydrogens (tertiary/aromatic N) is 5. The zero-order chi connectivity index (χ0) is 16.6. The Balaban J connectivity index is 1.55. The van der Waals surface area contributed by atoms with Gasteiger partial charge in [0.1, 0.15) is 0 Å². The minimum Gasteiger partial charge on any atom is -0.368 e. The second kappa shape index (κ2) is 8.38. The summed E-state index contributed by atoms with van der Waals surface area (Å²) in [5.41, 5.74) is 1.30. The van der Waals surface area contributed by atoms with Crippen LogP contribution in [0.2, 0.25) is 0 Å². The van der Waals surface area contributed by atoms with Gasteiger partial charge in [0.2, 0.25) is 0 Å². The quantitative estimate of drug-likeness (QED) is 0.671. The van der Waals surface area contributed by atoms with Gasteiger partial charge in [0.25, 0.3) is 0 Å². The average Bonchev–Trinajstić information content (AvgIpc) is 3.15. The Hall–Kier alpha value is -2.50. The molecule has 0 unspecified atom stereocenters. The maximum Gasteiger partial charge on any atom is 0.194 e. The molecular weight excluding hydrogens is 300 g/mol. The van der Waals surface area contributed by atoms with Crippen molar-refractivity contribution in [3.8, 4) is 0 Å². The molecule has 6 nitrogen and oxygen atoms in total. The van der Waals surface area contributed by atoms with Gasteiger partial charge in [0.15, 0.2) is 5.96 Å². The zero-order valence-electron chi connectivity index (χ0n) is 14.3. The van der Waals surface area contributed by atoms with Crippen molar-refractivity contribution in [1.29, 1.82) is 0 Å². The summed E-state index contributed by atoms with van der Waals surface area (Å²) in [6, 6.07) is 10.6. The third kappa shape index (κ3) is 4.28. The number of hydrogen-bond donors (Lipinski definition) is 1. The van der Waals surface area contributed by atoms with E-state index in [1.54, 1.807) is 6.20 Å². The van der Waals surface area contributed by atoms with E-state index >= 15 is 0 Å². The van der Waals surface area contributed by atoms with Gasteiger partial charge in [-0.05, 0) is 19.1 Å². The number of guanidine groups is 1. The molecule has 2 heterocycles. The van der Waals surface area contributed by atoms with Crippen LogP contribution in [0.1, 0.15) is 6.92 Å². The first-order chi connectivity index (χ1) is 11.9. The molecule has 3 rings (SSSR count). The molecule has 24 heavy (non-hydrogen) atoms. The summed E-state index contributed by atoms with van der Waals surface area (Å²) < 4.78 is 2.06. The van der Waals surface area contributed by atoms with E-state index in [9.17, 15) is 0 Å². The van der Waals surface area contributed by atoms with Crippen molar-refractivity contribution in [2.45, 2.75) is 13.5 Å². The number of nitrogens with one attached hydrogen (secondary N) is 1. The Morgan fingerprint density at radius 1 is 1.17 bits per heavy atom. The number of anilines is 1. The van der Waals surface area contributed by atoms with Crippen LogP contribution in [-0.4, -0.2) is 59.7 Å². The molecular formula is C18H26N6. The summed E-state index contributed by atoms with van der Waals surface area (Å²) in [5, 5.41) is 3.42. The van der Waals surface area contributed by atoms with Gasteiger partial charge in [-0.15, -0.1) is 0 Å². The summed E-state index contributed by atoms with van der Waals surface area (Å²) in [6.45, 7) is 8.66. The molecule has 1 saturated heterocycles. The van der Waals surface area contributed by atoms with Crippen molar-refractivity contribution >= 4 is 11.6 Å². The molecule has 0 saturated carbocycles. The van der Waals surface area contributed by atoms with Gasteiger partial charge in [-0.2, -0.15) is 0 Å². The van der Waals surface area contributed by atoms with Gasteiger partial charge in [-0.3, -0.25) is 4.99 Å². The molecule has 1 fully saturated rings. The molecule has 6 heteroatoms. The fourth-order valence-corrected chi connectivity index (χ4v) is 2.93. The molecule has 2 aromatic rings. The lowest BCUT2D eigenvalue weighted by Crippen LogP contribution is -2.52. The van der Waals surface area contributed by atoms with E-state index in [-0.39, 0.29) is 0 Å². The number of imidazole rings is 1. The summed E-state index contributed by atoms with van der Waals surface area (Å²) in [5.74, 6) is 1.02. The topological polar surface area (TPSA) is 48.7 Å². The Bertz CT molecular complexity index is 614. The van der Waals surface area contributed by atoms with Crippen LogP contribution in [0.3, 0.4) is 0 Å². The molecule has 0 amide bonds. The lowest BCUT2D eigenvalue weighted by Gasteiger charge is -2.37. The Labute approximate surface area is 143 Å². The van der Waals surface area contributed by atoms with E-state index in [4.69, 9.17) is 4.99 Å². The third-order valence-corrected chi connectivity index (χ3v) is 4.21. The first-order valence-electron chi connectivity index (χ1n) is 8.66. The SMILES string of the molecule is CCNC(=NCCn1ccnc1)N1CCN(c2ccccc2)CC1. The number of aliphatic imine (C=N–C) groups is 1. The molecule has 0 radical (unpaired) electrons. The van der Waals surface area contributed by atoms with E-state index in [1.807, 2.05) is 12.5 Å². The fourth-order valence-electron chi connectivity index (χ4n) is 2.93. The minimum absolute atomic E-state index is 0.762. The summed E-state index contributed by atoms with van der Waals surface area (Å²) in [6.07, 6.45) is 5.61. The molecule has 0 bridgehead atoms. The number of rotatable bonds is 5. The van der Waals surface area contributed by atoms with Crippen molar-refractivity contribution < 1.29 is 0 Å². The van der Waals surface area contributed by atoms with Crippen LogP contribution in [0.15, 0.2) is 54.0 Å². The van der Waals surface area contributed by atoms with Crippen LogP contribution >= 0.6 is 0 Å². The minimum atomic E-state index is 0.762. The highest BCUT2D eigenvalue weighted by Gasteiger charge is 2.19. The zero-order valence-corrected chi connectivity index (χ0v) is 14.3. The highest BCUT2D eigenvalue weighted by molar-refractivity contribution is 5.80. The van der Waals surface area contributed by atoms with Crippen LogP contribution < -0.4 is 10.2 Å². The second-order valence-corrected chi connectivity index (χ2v) is 5.85. The smallest absolute Gasteiger partial charge is 0.194 e. The lowest BCUT2D eigenvalue weighted by atomic mass is 10.2. The maximum absolute atomic E-state index is 4.77. The lowest BCUT2D eigenvalue weighted by molar-refractivity contribution is 0.372. The molecule has 128 valence electrons. The van der Waals surface area contributed by atoms with E-state index < -0.39 is 0 Å². The number of benzene rings is 1. The van der Waals surface area contributed by atoms with Crippen LogP contribution in [0.25, 0.3) is 0 Å². The number of hydrogen-bond acceptors (Lipinski definition) is 3. The van der Waals surface area contributed by atoms with E-state index in [0.29, 0.717) is 0 Å². The largest absolute Gasteiger partial charge is 0.368 e. The highest BCUT2D eigenvalue weighted by Crippen LogP contribution is 2.15. The van der Waals surface area contributed by atoms with Crippen LogP contribution in [0.5, 0.6) is 0 Å². The number of piperazine rings is 1. The van der Waals surface area contributed by atoms with E-state index in [2.05, 4.69) is 61.9 Å². The Morgan fingerprint density at radius 3 is 2.62 bits per heavy atom. The Kier molecular flexibility index (Phi) is 5.71. The predicted molar refractivity (Wildman–Crippen MR) is 98.4 cm³/mol. The van der Waals surface area contributed by atoms with Crippen LogP contribution in [0.4, 0.5) is 5.69 Å².